The lowest BCUT2D eigenvalue weighted by Crippen LogP contribution is -2.44. The number of nitrogens with one attached hydrogen (secondary N) is 1. The molecule has 0 aromatic carbocycles. The molecule has 1 fully saturated rings. The van der Waals surface area contributed by atoms with Gasteiger partial charge in [0.05, 0.1) is 0 Å². The molecule has 1 N–H and O–H groups in total. The van der Waals surface area contributed by atoms with Crippen molar-refractivity contribution in [2.75, 3.05) is 26.2 Å². The zero-order chi connectivity index (χ0) is 11.8. The second-order valence-corrected chi connectivity index (χ2v) is 5.10. The van der Waals surface area contributed by atoms with Gasteiger partial charge in [0.15, 0.2) is 0 Å². The Bertz CT molecular complexity index is 168. The van der Waals surface area contributed by atoms with Gasteiger partial charge in [-0.15, -0.1) is 0 Å². The van der Waals surface area contributed by atoms with Gasteiger partial charge in [-0.1, -0.05) is 33.6 Å². The highest BCUT2D eigenvalue weighted by Crippen LogP contribution is 2.25. The average molecular weight is 226 g/mol. The standard InChI is InChI=1S/C14H30N2/c1-4-11-16(6-3)12-13-9-7-8-10-14(13)15-5-2/h13-15H,4-12H2,1-3H3. The summed E-state index contributed by atoms with van der Waals surface area (Å²) in [6.07, 6.45) is 6.97. The van der Waals surface area contributed by atoms with E-state index in [0.29, 0.717) is 0 Å². The summed E-state index contributed by atoms with van der Waals surface area (Å²) in [5.74, 6) is 0.889. The summed E-state index contributed by atoms with van der Waals surface area (Å²) in [5.41, 5.74) is 0. The van der Waals surface area contributed by atoms with Gasteiger partial charge in [0.2, 0.25) is 0 Å². The van der Waals surface area contributed by atoms with Gasteiger partial charge in [0, 0.05) is 12.6 Å². The number of hydrogen-bond acceptors (Lipinski definition) is 2. The van der Waals surface area contributed by atoms with E-state index >= 15 is 0 Å². The third-order valence-corrected chi connectivity index (χ3v) is 3.86. The molecule has 16 heavy (non-hydrogen) atoms. The zero-order valence-corrected chi connectivity index (χ0v) is 11.5. The van der Waals surface area contributed by atoms with E-state index in [4.69, 9.17) is 0 Å². The molecule has 1 aliphatic carbocycles. The molecule has 1 aliphatic rings. The van der Waals surface area contributed by atoms with Crippen LogP contribution in [0.5, 0.6) is 0 Å². The number of hydrogen-bond donors (Lipinski definition) is 1. The highest BCUT2D eigenvalue weighted by atomic mass is 15.1. The van der Waals surface area contributed by atoms with Crippen LogP contribution in [-0.4, -0.2) is 37.1 Å². The number of nitrogens with zero attached hydrogens (tertiary/aromatic N) is 1. The van der Waals surface area contributed by atoms with Crippen LogP contribution >= 0.6 is 0 Å². The summed E-state index contributed by atoms with van der Waals surface area (Å²) in [7, 11) is 0. The van der Waals surface area contributed by atoms with E-state index in [0.717, 1.165) is 18.5 Å². The van der Waals surface area contributed by atoms with Crippen molar-refractivity contribution in [2.24, 2.45) is 5.92 Å². The van der Waals surface area contributed by atoms with Crippen molar-refractivity contribution in [3.05, 3.63) is 0 Å². The highest BCUT2D eigenvalue weighted by Gasteiger charge is 2.25. The van der Waals surface area contributed by atoms with E-state index in [1.54, 1.807) is 0 Å². The summed E-state index contributed by atoms with van der Waals surface area (Å²) >= 11 is 0. The van der Waals surface area contributed by atoms with Crippen LogP contribution in [0.2, 0.25) is 0 Å². The summed E-state index contributed by atoms with van der Waals surface area (Å²) in [5, 5.41) is 3.68. The first kappa shape index (κ1) is 14.0. The predicted octanol–water partition coefficient (Wildman–Crippen LogP) is 2.89. The van der Waals surface area contributed by atoms with Crippen molar-refractivity contribution in [1.82, 2.24) is 10.2 Å². The maximum absolute atomic E-state index is 3.68. The monoisotopic (exact) mass is 226 g/mol. The third-order valence-electron chi connectivity index (χ3n) is 3.86. The Kier molecular flexibility index (Phi) is 7.06. The van der Waals surface area contributed by atoms with Gasteiger partial charge in [-0.05, 0) is 44.8 Å². The van der Waals surface area contributed by atoms with Crippen molar-refractivity contribution in [3.63, 3.8) is 0 Å². The van der Waals surface area contributed by atoms with Crippen molar-refractivity contribution >= 4 is 0 Å². The highest BCUT2D eigenvalue weighted by molar-refractivity contribution is 4.82. The lowest BCUT2D eigenvalue weighted by atomic mass is 9.84. The molecule has 2 nitrogen and oxygen atoms in total. The first-order chi connectivity index (χ1) is 7.81. The normalized spacial score (nSPS) is 26.2. The molecule has 0 aromatic rings. The fraction of sp³-hybridized carbons (Fsp3) is 1.00. The van der Waals surface area contributed by atoms with Gasteiger partial charge in [-0.2, -0.15) is 0 Å². The molecule has 96 valence electrons. The Morgan fingerprint density at radius 1 is 1.12 bits per heavy atom. The Morgan fingerprint density at radius 3 is 2.50 bits per heavy atom. The summed E-state index contributed by atoms with van der Waals surface area (Å²) in [6, 6.07) is 0.782. The maximum atomic E-state index is 3.68. The minimum Gasteiger partial charge on any atom is -0.314 e. The Hall–Kier alpha value is -0.0800. The van der Waals surface area contributed by atoms with E-state index < -0.39 is 0 Å². The van der Waals surface area contributed by atoms with Gasteiger partial charge >= 0.3 is 0 Å². The topological polar surface area (TPSA) is 15.3 Å². The van der Waals surface area contributed by atoms with Crippen LogP contribution in [-0.2, 0) is 0 Å². The van der Waals surface area contributed by atoms with Crippen molar-refractivity contribution in [2.45, 2.75) is 58.9 Å². The third kappa shape index (κ3) is 4.42. The van der Waals surface area contributed by atoms with Gasteiger partial charge in [-0.3, -0.25) is 0 Å². The van der Waals surface area contributed by atoms with E-state index in [2.05, 4.69) is 31.0 Å². The molecule has 0 amide bonds. The van der Waals surface area contributed by atoms with E-state index in [9.17, 15) is 0 Å². The lowest BCUT2D eigenvalue weighted by Gasteiger charge is -2.35. The fourth-order valence-electron chi connectivity index (χ4n) is 2.98. The summed E-state index contributed by atoms with van der Waals surface area (Å²) in [4.78, 5) is 2.63. The minimum atomic E-state index is 0.782. The van der Waals surface area contributed by atoms with E-state index in [1.165, 1.54) is 51.7 Å². The van der Waals surface area contributed by atoms with Crippen LogP contribution < -0.4 is 5.32 Å². The fourth-order valence-corrected chi connectivity index (χ4v) is 2.98. The maximum Gasteiger partial charge on any atom is 0.0107 e. The molecule has 0 aromatic heterocycles. The average Bonchev–Trinajstić information content (AvgIpc) is 2.31. The predicted molar refractivity (Wildman–Crippen MR) is 71.8 cm³/mol. The molecule has 0 spiro atoms. The zero-order valence-electron chi connectivity index (χ0n) is 11.5. The Balaban J connectivity index is 2.40. The molecule has 0 aliphatic heterocycles. The first-order valence-electron chi connectivity index (χ1n) is 7.27. The van der Waals surface area contributed by atoms with Crippen LogP contribution in [0.15, 0.2) is 0 Å². The van der Waals surface area contributed by atoms with Gasteiger partial charge in [0.25, 0.3) is 0 Å². The minimum absolute atomic E-state index is 0.782. The largest absolute Gasteiger partial charge is 0.314 e. The summed E-state index contributed by atoms with van der Waals surface area (Å²) in [6.45, 7) is 11.7. The molecule has 0 saturated heterocycles. The first-order valence-corrected chi connectivity index (χ1v) is 7.27. The molecule has 0 bridgehead atoms. The van der Waals surface area contributed by atoms with Crippen LogP contribution in [0.1, 0.15) is 52.9 Å². The van der Waals surface area contributed by atoms with Gasteiger partial charge < -0.3 is 10.2 Å². The SMILES string of the molecule is CCCN(CC)CC1CCCCC1NCC. The van der Waals surface area contributed by atoms with Crippen molar-refractivity contribution < 1.29 is 0 Å². The van der Waals surface area contributed by atoms with Crippen LogP contribution in [0.3, 0.4) is 0 Å². The van der Waals surface area contributed by atoms with Crippen LogP contribution in [0.25, 0.3) is 0 Å². The molecule has 1 saturated carbocycles. The smallest absolute Gasteiger partial charge is 0.0107 e. The Morgan fingerprint density at radius 2 is 1.88 bits per heavy atom. The molecular formula is C14H30N2. The van der Waals surface area contributed by atoms with E-state index in [-0.39, 0.29) is 0 Å². The van der Waals surface area contributed by atoms with E-state index in [1.807, 2.05) is 0 Å². The van der Waals surface area contributed by atoms with Crippen molar-refractivity contribution in [3.8, 4) is 0 Å². The van der Waals surface area contributed by atoms with Crippen LogP contribution in [0, 0.1) is 5.92 Å². The molecule has 0 radical (unpaired) electrons. The van der Waals surface area contributed by atoms with Crippen molar-refractivity contribution in [1.29, 1.82) is 0 Å². The molecule has 0 heterocycles. The second kappa shape index (κ2) is 8.08. The van der Waals surface area contributed by atoms with Gasteiger partial charge in [-0.25, -0.2) is 0 Å². The second-order valence-electron chi connectivity index (χ2n) is 5.10. The molecule has 1 rings (SSSR count). The molecular weight excluding hydrogens is 196 g/mol. The molecule has 2 atom stereocenters. The van der Waals surface area contributed by atoms with Crippen LogP contribution in [0.4, 0.5) is 0 Å². The molecule has 2 unspecified atom stereocenters. The van der Waals surface area contributed by atoms with Gasteiger partial charge in [0.1, 0.15) is 0 Å². The number of rotatable bonds is 7. The Labute approximate surface area is 102 Å². The molecule has 2 heteroatoms. The lowest BCUT2D eigenvalue weighted by molar-refractivity contribution is 0.174. The quantitative estimate of drug-likeness (QED) is 0.718. The summed E-state index contributed by atoms with van der Waals surface area (Å²) < 4.78 is 0.